The molecule has 1 aromatic heterocycles. The van der Waals surface area contributed by atoms with Gasteiger partial charge in [-0.2, -0.15) is 0 Å². The summed E-state index contributed by atoms with van der Waals surface area (Å²) in [6, 6.07) is 21.1. The minimum atomic E-state index is 0.227. The zero-order valence-electron chi connectivity index (χ0n) is 12.7. The van der Waals surface area contributed by atoms with Gasteiger partial charge in [-0.1, -0.05) is 60.7 Å². The molecule has 4 heteroatoms. The Morgan fingerprint density at radius 2 is 1.26 bits per heavy atom. The Kier molecular flexibility index (Phi) is 3.84. The molecule has 2 unspecified atom stereocenters. The van der Waals surface area contributed by atoms with Crippen molar-refractivity contribution in [2.45, 2.75) is 18.5 Å². The fourth-order valence-corrected chi connectivity index (χ4v) is 2.93. The molecule has 2 heterocycles. The number of hydrazine groups is 1. The van der Waals surface area contributed by atoms with Crippen molar-refractivity contribution in [2.75, 3.05) is 0 Å². The summed E-state index contributed by atoms with van der Waals surface area (Å²) in [6.45, 7) is 0. The van der Waals surface area contributed by atoms with Gasteiger partial charge in [0.25, 0.3) is 0 Å². The van der Waals surface area contributed by atoms with Crippen molar-refractivity contribution in [3.63, 3.8) is 0 Å². The summed E-state index contributed by atoms with van der Waals surface area (Å²) >= 11 is 0. The maximum atomic E-state index is 4.51. The fraction of sp³-hybridized carbons (Fsp3) is 0.158. The Balaban J connectivity index is 1.49. The highest BCUT2D eigenvalue weighted by molar-refractivity contribution is 5.54. The van der Waals surface area contributed by atoms with Crippen molar-refractivity contribution in [3.05, 3.63) is 84.2 Å². The van der Waals surface area contributed by atoms with Crippen LogP contribution < -0.4 is 10.9 Å². The first-order chi connectivity index (χ1) is 11.4. The van der Waals surface area contributed by atoms with Gasteiger partial charge in [0.1, 0.15) is 0 Å². The largest absolute Gasteiger partial charge is 0.250 e. The van der Waals surface area contributed by atoms with Crippen LogP contribution in [0.3, 0.4) is 0 Å². The Hall–Kier alpha value is -2.56. The first-order valence-corrected chi connectivity index (χ1v) is 7.83. The van der Waals surface area contributed by atoms with Crippen molar-refractivity contribution in [1.29, 1.82) is 0 Å². The van der Waals surface area contributed by atoms with E-state index in [0.29, 0.717) is 6.04 Å². The molecule has 0 saturated carbocycles. The second kappa shape index (κ2) is 6.28. The molecule has 2 aromatic carbocycles. The van der Waals surface area contributed by atoms with E-state index in [-0.39, 0.29) is 6.04 Å². The van der Waals surface area contributed by atoms with E-state index in [4.69, 9.17) is 0 Å². The average molecular weight is 302 g/mol. The maximum Gasteiger partial charge on any atom is 0.159 e. The van der Waals surface area contributed by atoms with Crippen molar-refractivity contribution >= 4 is 0 Å². The van der Waals surface area contributed by atoms with E-state index in [1.165, 1.54) is 5.56 Å². The molecule has 0 amide bonds. The zero-order chi connectivity index (χ0) is 15.5. The smallest absolute Gasteiger partial charge is 0.159 e. The van der Waals surface area contributed by atoms with Crippen LogP contribution in [-0.2, 0) is 0 Å². The zero-order valence-corrected chi connectivity index (χ0v) is 12.7. The summed E-state index contributed by atoms with van der Waals surface area (Å²) in [6.07, 6.45) is 4.82. The van der Waals surface area contributed by atoms with Crippen LogP contribution in [0.1, 0.15) is 29.6 Å². The Bertz CT molecular complexity index is 756. The van der Waals surface area contributed by atoms with E-state index in [2.05, 4.69) is 45.1 Å². The van der Waals surface area contributed by atoms with Gasteiger partial charge < -0.3 is 0 Å². The minimum Gasteiger partial charge on any atom is -0.250 e. The fourth-order valence-electron chi connectivity index (χ4n) is 2.93. The standard InChI is InChI=1S/C19H18N4/c1-3-7-14(8-4-1)17-11-18(23-22-17)16-12-20-19(21-13-16)15-9-5-2-6-10-15/h1-10,12-13,17-18,22-23H,11H2. The molecule has 114 valence electrons. The summed E-state index contributed by atoms with van der Waals surface area (Å²) in [5.74, 6) is 0.764. The third kappa shape index (κ3) is 2.99. The predicted molar refractivity (Wildman–Crippen MR) is 90.3 cm³/mol. The molecule has 0 spiro atoms. The predicted octanol–water partition coefficient (Wildman–Crippen LogP) is 3.42. The second-order valence-electron chi connectivity index (χ2n) is 5.75. The summed E-state index contributed by atoms with van der Waals surface area (Å²) in [5.41, 5.74) is 10.2. The molecule has 0 bridgehead atoms. The second-order valence-corrected chi connectivity index (χ2v) is 5.75. The van der Waals surface area contributed by atoms with Gasteiger partial charge in [-0.05, 0) is 12.0 Å². The molecular formula is C19H18N4. The van der Waals surface area contributed by atoms with Gasteiger partial charge in [0.05, 0.1) is 6.04 Å². The van der Waals surface area contributed by atoms with E-state index < -0.39 is 0 Å². The van der Waals surface area contributed by atoms with Crippen LogP contribution in [0.5, 0.6) is 0 Å². The van der Waals surface area contributed by atoms with E-state index in [1.807, 2.05) is 48.8 Å². The highest BCUT2D eigenvalue weighted by Crippen LogP contribution is 2.30. The van der Waals surface area contributed by atoms with Crippen LogP contribution >= 0.6 is 0 Å². The van der Waals surface area contributed by atoms with Crippen molar-refractivity contribution in [1.82, 2.24) is 20.8 Å². The molecule has 2 atom stereocenters. The quantitative estimate of drug-likeness (QED) is 0.778. The molecule has 0 aliphatic carbocycles. The van der Waals surface area contributed by atoms with Crippen LogP contribution in [0.2, 0.25) is 0 Å². The number of nitrogens with zero attached hydrogens (tertiary/aromatic N) is 2. The normalized spacial score (nSPS) is 20.5. The molecule has 1 fully saturated rings. The first-order valence-electron chi connectivity index (χ1n) is 7.83. The molecule has 3 aromatic rings. The van der Waals surface area contributed by atoms with Crippen LogP contribution in [-0.4, -0.2) is 9.97 Å². The SMILES string of the molecule is c1ccc(-c2ncc(C3CC(c4ccccc4)NN3)cn2)cc1. The van der Waals surface area contributed by atoms with Crippen LogP contribution in [0.25, 0.3) is 11.4 Å². The summed E-state index contributed by atoms with van der Waals surface area (Å²) < 4.78 is 0. The van der Waals surface area contributed by atoms with Gasteiger partial charge in [0, 0.05) is 29.6 Å². The van der Waals surface area contributed by atoms with Gasteiger partial charge in [-0.15, -0.1) is 0 Å². The topological polar surface area (TPSA) is 49.8 Å². The highest BCUT2D eigenvalue weighted by atomic mass is 15.4. The number of hydrogen-bond donors (Lipinski definition) is 2. The first kappa shape index (κ1) is 14.1. The molecule has 1 saturated heterocycles. The number of hydrogen-bond acceptors (Lipinski definition) is 4. The monoisotopic (exact) mass is 302 g/mol. The van der Waals surface area contributed by atoms with E-state index >= 15 is 0 Å². The van der Waals surface area contributed by atoms with Crippen molar-refractivity contribution < 1.29 is 0 Å². The highest BCUT2D eigenvalue weighted by Gasteiger charge is 2.26. The van der Waals surface area contributed by atoms with Crippen molar-refractivity contribution in [2.24, 2.45) is 0 Å². The van der Waals surface area contributed by atoms with Gasteiger partial charge in [-0.3, -0.25) is 0 Å². The summed E-state index contributed by atoms with van der Waals surface area (Å²) in [5, 5.41) is 0. The molecule has 4 rings (SSSR count). The third-order valence-corrected chi connectivity index (χ3v) is 4.21. The average Bonchev–Trinajstić information content (AvgIpc) is 3.14. The van der Waals surface area contributed by atoms with Crippen molar-refractivity contribution in [3.8, 4) is 11.4 Å². The lowest BCUT2D eigenvalue weighted by atomic mass is 9.99. The minimum absolute atomic E-state index is 0.227. The summed E-state index contributed by atoms with van der Waals surface area (Å²) in [7, 11) is 0. The third-order valence-electron chi connectivity index (χ3n) is 4.21. The van der Waals surface area contributed by atoms with Crippen LogP contribution in [0, 0.1) is 0 Å². The van der Waals surface area contributed by atoms with Gasteiger partial charge in [-0.25, -0.2) is 20.8 Å². The Morgan fingerprint density at radius 1 is 0.696 bits per heavy atom. The number of aromatic nitrogens is 2. The number of benzene rings is 2. The van der Waals surface area contributed by atoms with Gasteiger partial charge in [0.15, 0.2) is 5.82 Å². The molecule has 1 aliphatic heterocycles. The molecule has 2 N–H and O–H groups in total. The van der Waals surface area contributed by atoms with E-state index in [1.54, 1.807) is 0 Å². The lowest BCUT2D eigenvalue weighted by Gasteiger charge is -2.10. The van der Waals surface area contributed by atoms with Crippen LogP contribution in [0.4, 0.5) is 0 Å². The molecule has 1 aliphatic rings. The maximum absolute atomic E-state index is 4.51. The number of rotatable bonds is 3. The van der Waals surface area contributed by atoms with Crippen LogP contribution in [0.15, 0.2) is 73.1 Å². The van der Waals surface area contributed by atoms with Gasteiger partial charge >= 0.3 is 0 Å². The van der Waals surface area contributed by atoms with E-state index in [9.17, 15) is 0 Å². The molecular weight excluding hydrogens is 284 g/mol. The lowest BCUT2D eigenvalue weighted by molar-refractivity contribution is 0.553. The van der Waals surface area contributed by atoms with E-state index in [0.717, 1.165) is 23.4 Å². The van der Waals surface area contributed by atoms with Gasteiger partial charge in [0.2, 0.25) is 0 Å². The molecule has 4 nitrogen and oxygen atoms in total. The lowest BCUT2D eigenvalue weighted by Crippen LogP contribution is -2.26. The summed E-state index contributed by atoms with van der Waals surface area (Å²) in [4.78, 5) is 9.02. The Labute approximate surface area is 135 Å². The molecule has 0 radical (unpaired) electrons. The Morgan fingerprint density at radius 3 is 1.91 bits per heavy atom. The molecule has 23 heavy (non-hydrogen) atoms. The number of nitrogens with one attached hydrogen (secondary N) is 2.